The van der Waals surface area contributed by atoms with Crippen molar-refractivity contribution in [2.24, 2.45) is 5.92 Å². The first-order valence-electron chi connectivity index (χ1n) is 12.3. The minimum Gasteiger partial charge on any atom is -0.495 e. The van der Waals surface area contributed by atoms with Crippen molar-refractivity contribution < 1.29 is 31.9 Å². The summed E-state index contributed by atoms with van der Waals surface area (Å²) >= 11 is 3.46. The van der Waals surface area contributed by atoms with Crippen molar-refractivity contribution in [1.29, 1.82) is 0 Å². The summed E-state index contributed by atoms with van der Waals surface area (Å²) in [5.74, 6) is -0.548. The van der Waals surface area contributed by atoms with Crippen LogP contribution < -0.4 is 14.8 Å². The van der Waals surface area contributed by atoms with E-state index in [1.807, 2.05) is 12.1 Å². The maximum Gasteiger partial charge on any atom is 0.324 e. The van der Waals surface area contributed by atoms with Crippen LogP contribution in [0.5, 0.6) is 5.75 Å². The SMILES string of the molecule is COC(=O)C(NS(=O)(=O)c1ccc(-c2ccc(NC(=O)c3oc4ccc(Br)c(OC)c4c3C)cc2)cc1)C(C)C. The van der Waals surface area contributed by atoms with E-state index < -0.39 is 27.9 Å². The normalized spacial score (nSPS) is 12.4. The number of anilines is 1. The topological polar surface area (TPSA) is 124 Å². The molecular formula is C29H29BrN2O7S. The average Bonchev–Trinajstić information content (AvgIpc) is 3.28. The Bertz CT molecular complexity index is 1660. The van der Waals surface area contributed by atoms with Gasteiger partial charge in [0.2, 0.25) is 10.0 Å². The van der Waals surface area contributed by atoms with Crippen molar-refractivity contribution in [2.75, 3.05) is 19.5 Å². The number of fused-ring (bicyclic) bond motifs is 1. The first kappa shape index (κ1) is 29.3. The van der Waals surface area contributed by atoms with Crippen LogP contribution in [0.2, 0.25) is 0 Å². The minimum absolute atomic E-state index is 0.0274. The maximum atomic E-state index is 13.0. The number of carbonyl (C=O) groups is 2. The van der Waals surface area contributed by atoms with Gasteiger partial charge in [0.1, 0.15) is 17.4 Å². The number of sulfonamides is 1. The van der Waals surface area contributed by atoms with Crippen LogP contribution in [0.1, 0.15) is 30.0 Å². The lowest BCUT2D eigenvalue weighted by molar-refractivity contribution is -0.143. The molecule has 0 fully saturated rings. The molecule has 0 spiro atoms. The van der Waals surface area contributed by atoms with E-state index in [9.17, 15) is 18.0 Å². The smallest absolute Gasteiger partial charge is 0.324 e. The van der Waals surface area contributed by atoms with Gasteiger partial charge < -0.3 is 19.2 Å². The van der Waals surface area contributed by atoms with Crippen LogP contribution in [0.4, 0.5) is 5.69 Å². The summed E-state index contributed by atoms with van der Waals surface area (Å²) in [6, 6.07) is 16.0. The molecule has 1 unspecified atom stereocenters. The molecule has 0 saturated carbocycles. The zero-order valence-electron chi connectivity index (χ0n) is 22.6. The highest BCUT2D eigenvalue weighted by Crippen LogP contribution is 2.38. The summed E-state index contributed by atoms with van der Waals surface area (Å²) in [7, 11) is -1.17. The van der Waals surface area contributed by atoms with Crippen LogP contribution in [0, 0.1) is 12.8 Å². The van der Waals surface area contributed by atoms with Crippen LogP contribution in [0.3, 0.4) is 0 Å². The van der Waals surface area contributed by atoms with E-state index in [1.165, 1.54) is 19.2 Å². The molecule has 2 N–H and O–H groups in total. The van der Waals surface area contributed by atoms with Gasteiger partial charge >= 0.3 is 5.97 Å². The van der Waals surface area contributed by atoms with Gasteiger partial charge in [-0.05, 0) is 76.3 Å². The lowest BCUT2D eigenvalue weighted by Gasteiger charge is -2.19. The summed E-state index contributed by atoms with van der Waals surface area (Å²) < 4.78 is 44.9. The largest absolute Gasteiger partial charge is 0.495 e. The van der Waals surface area contributed by atoms with Crippen molar-refractivity contribution in [2.45, 2.75) is 31.7 Å². The number of carbonyl (C=O) groups excluding carboxylic acids is 2. The molecule has 1 heterocycles. The Labute approximate surface area is 241 Å². The third kappa shape index (κ3) is 5.91. The van der Waals surface area contributed by atoms with Crippen molar-refractivity contribution in [3.63, 3.8) is 0 Å². The molecule has 9 nitrogen and oxygen atoms in total. The quantitative estimate of drug-likeness (QED) is 0.221. The monoisotopic (exact) mass is 628 g/mol. The molecule has 11 heteroatoms. The fourth-order valence-corrected chi connectivity index (χ4v) is 6.10. The van der Waals surface area contributed by atoms with E-state index in [2.05, 4.69) is 26.0 Å². The number of aryl methyl sites for hydroxylation is 1. The van der Waals surface area contributed by atoms with Gasteiger partial charge in [-0.15, -0.1) is 0 Å². The number of rotatable bonds is 9. The lowest BCUT2D eigenvalue weighted by atomic mass is 10.1. The van der Waals surface area contributed by atoms with Gasteiger partial charge in [-0.1, -0.05) is 38.1 Å². The number of furan rings is 1. The number of methoxy groups -OCH3 is 2. The lowest BCUT2D eigenvalue weighted by Crippen LogP contribution is -2.44. The molecule has 4 aromatic rings. The van der Waals surface area contributed by atoms with E-state index >= 15 is 0 Å². The van der Waals surface area contributed by atoms with Crippen LogP contribution in [0.25, 0.3) is 22.1 Å². The minimum atomic E-state index is -3.94. The summed E-state index contributed by atoms with van der Waals surface area (Å²) in [5.41, 5.74) is 3.37. The number of halogens is 1. The summed E-state index contributed by atoms with van der Waals surface area (Å²) in [6.07, 6.45) is 0. The molecule has 0 aliphatic carbocycles. The number of hydrogen-bond donors (Lipinski definition) is 2. The van der Waals surface area contributed by atoms with Crippen LogP contribution in [0.15, 0.2) is 74.4 Å². The van der Waals surface area contributed by atoms with E-state index in [4.69, 9.17) is 13.9 Å². The standard InChI is InChI=1S/C29H29BrN2O7S/c1-16(2)25(29(34)38-5)32-40(35,36)21-12-8-19(9-13-21)18-6-10-20(11-7-18)31-28(33)26-17(3)24-23(39-26)15-14-22(30)27(24)37-4/h6-16,25,32H,1-5H3,(H,31,33). The van der Waals surface area contributed by atoms with Gasteiger partial charge in [-0.3, -0.25) is 9.59 Å². The van der Waals surface area contributed by atoms with Crippen molar-refractivity contribution in [3.8, 4) is 16.9 Å². The first-order chi connectivity index (χ1) is 19.0. The molecule has 40 heavy (non-hydrogen) atoms. The second-order valence-electron chi connectivity index (χ2n) is 9.43. The predicted octanol–water partition coefficient (Wildman–Crippen LogP) is 5.91. The summed E-state index contributed by atoms with van der Waals surface area (Å²) in [6.45, 7) is 5.26. The fraction of sp³-hybridized carbons (Fsp3) is 0.241. The number of nitrogens with one attached hydrogen (secondary N) is 2. The van der Waals surface area contributed by atoms with Gasteiger partial charge in [0, 0.05) is 11.3 Å². The third-order valence-electron chi connectivity index (χ3n) is 6.45. The van der Waals surface area contributed by atoms with E-state index in [1.54, 1.807) is 64.3 Å². The molecule has 1 amide bonds. The number of esters is 1. The highest BCUT2D eigenvalue weighted by Gasteiger charge is 2.29. The fourth-order valence-electron chi connectivity index (χ4n) is 4.27. The van der Waals surface area contributed by atoms with Crippen molar-refractivity contribution >= 4 is 54.5 Å². The molecule has 0 bridgehead atoms. The number of amides is 1. The number of hydrogen-bond acceptors (Lipinski definition) is 7. The van der Waals surface area contributed by atoms with E-state index in [-0.39, 0.29) is 16.6 Å². The van der Waals surface area contributed by atoms with Crippen molar-refractivity contribution in [3.05, 3.63) is 76.5 Å². The number of benzene rings is 3. The van der Waals surface area contributed by atoms with Crippen LogP contribution in [-0.4, -0.2) is 40.6 Å². The Morgan fingerprint density at radius 2 is 1.52 bits per heavy atom. The Morgan fingerprint density at radius 1 is 0.925 bits per heavy atom. The number of ether oxygens (including phenoxy) is 2. The molecular weight excluding hydrogens is 600 g/mol. The zero-order chi connectivity index (χ0) is 29.2. The Morgan fingerprint density at radius 3 is 2.08 bits per heavy atom. The Kier molecular flexibility index (Phi) is 8.67. The van der Waals surface area contributed by atoms with Gasteiger partial charge in [0.05, 0.1) is 29.0 Å². The molecule has 1 atom stereocenters. The van der Waals surface area contributed by atoms with Gasteiger partial charge in [-0.25, -0.2) is 8.42 Å². The van der Waals surface area contributed by atoms with Gasteiger partial charge in [-0.2, -0.15) is 4.72 Å². The molecule has 3 aromatic carbocycles. The van der Waals surface area contributed by atoms with Crippen LogP contribution >= 0.6 is 15.9 Å². The maximum absolute atomic E-state index is 13.0. The molecule has 0 aliphatic heterocycles. The average molecular weight is 630 g/mol. The second-order valence-corrected chi connectivity index (χ2v) is 12.0. The second kappa shape index (κ2) is 11.8. The van der Waals surface area contributed by atoms with Crippen molar-refractivity contribution in [1.82, 2.24) is 4.72 Å². The molecule has 0 saturated heterocycles. The zero-order valence-corrected chi connectivity index (χ0v) is 25.0. The molecule has 1 aromatic heterocycles. The predicted molar refractivity (Wildman–Crippen MR) is 156 cm³/mol. The summed E-state index contributed by atoms with van der Waals surface area (Å²) in [4.78, 5) is 25.0. The molecule has 0 radical (unpaired) electrons. The first-order valence-corrected chi connectivity index (χ1v) is 14.6. The molecule has 4 rings (SSSR count). The molecule has 0 aliphatic rings. The summed E-state index contributed by atoms with van der Waals surface area (Å²) in [5, 5.41) is 3.58. The Balaban J connectivity index is 1.49. The molecule has 210 valence electrons. The van der Waals surface area contributed by atoms with Gasteiger partial charge in [0.15, 0.2) is 5.76 Å². The highest BCUT2D eigenvalue weighted by molar-refractivity contribution is 9.10. The Hall–Kier alpha value is -3.67. The van der Waals surface area contributed by atoms with Crippen LogP contribution in [-0.2, 0) is 19.6 Å². The van der Waals surface area contributed by atoms with E-state index in [0.29, 0.717) is 22.6 Å². The third-order valence-corrected chi connectivity index (χ3v) is 8.54. The van der Waals surface area contributed by atoms with E-state index in [0.717, 1.165) is 21.0 Å². The van der Waals surface area contributed by atoms with Gasteiger partial charge in [0.25, 0.3) is 5.91 Å². The highest BCUT2D eigenvalue weighted by atomic mass is 79.9.